The maximum atomic E-state index is 14.0. The van der Waals surface area contributed by atoms with E-state index in [-0.39, 0.29) is 68.4 Å². The number of fused-ring (bicyclic) bond motifs is 7. The van der Waals surface area contributed by atoms with Crippen molar-refractivity contribution in [1.82, 2.24) is 10.3 Å². The molecular weight excluding hydrogens is 791 g/mol. The van der Waals surface area contributed by atoms with Gasteiger partial charge in [-0.15, -0.1) is 0 Å². The number of carbonyl (C=O) groups excluding carboxylic acids is 2. The van der Waals surface area contributed by atoms with Gasteiger partial charge in [0.25, 0.3) is 0 Å². The number of aliphatic carboxylic acids is 1. The van der Waals surface area contributed by atoms with Crippen LogP contribution in [0, 0.1) is 68.0 Å². The number of anilines is 1. The Balaban J connectivity index is 0.978. The minimum absolute atomic E-state index is 0.000685. The Morgan fingerprint density at radius 3 is 2.21 bits per heavy atom. The Morgan fingerprint density at radius 2 is 1.59 bits per heavy atom. The molecule has 6 fully saturated rings. The molecule has 1 aromatic rings. The van der Waals surface area contributed by atoms with Crippen LogP contribution in [0.2, 0.25) is 0 Å². The number of esters is 1. The van der Waals surface area contributed by atoms with Crippen LogP contribution in [0.15, 0.2) is 29.5 Å². The molecule has 8 rings (SSSR count). The number of nitrogens with one attached hydrogen (secondary N) is 1. The van der Waals surface area contributed by atoms with Crippen LogP contribution < -0.4 is 10.2 Å². The SMILES string of the molecule is CC(C)C1=C2[C@H]3CC[C@@H]4[C@@]5(C)CC[C@H](OC(=O)[C@H]6C[C@@H](C(=O)O)C6(C)C)C(C)(C)[C@@H]5CC[C@@]4(C)[C@]3(C)CC[C@@]2(CC(=O)NCc2ccc(N3CCS(=O)(=O)CC3)nc2)CC1O. The molecule has 1 aromatic heterocycles. The first kappa shape index (κ1) is 44.6. The number of aliphatic hydroxyl groups is 1. The van der Waals surface area contributed by atoms with Crippen molar-refractivity contribution >= 4 is 33.5 Å². The van der Waals surface area contributed by atoms with E-state index in [9.17, 15) is 33.0 Å². The maximum absolute atomic E-state index is 14.0. The molecule has 0 spiro atoms. The Labute approximate surface area is 364 Å². The minimum Gasteiger partial charge on any atom is -0.481 e. The number of rotatable bonds is 9. The molecule has 11 nitrogen and oxygen atoms in total. The van der Waals surface area contributed by atoms with Gasteiger partial charge in [-0.1, -0.05) is 74.0 Å². The summed E-state index contributed by atoms with van der Waals surface area (Å²) in [7, 11) is -2.98. The average molecular weight is 864 g/mol. The standard InChI is InChI=1S/C49H73N3O8S/c1-29(2)40-34(53)25-49(26-39(54)51-28-30-10-13-38(50-27-30)52-20-22-61(58,59)23-21-52)19-18-47(8)31(41(40)49)11-12-36-46(7)16-15-37(45(5,6)35(46)14-17-48(36,47)9)60-43(57)33-24-32(42(55)56)44(33,3)4/h10,13,27,29,31-37,53H,11-12,14-26,28H2,1-9H3,(H,51,54)(H,55,56)/t31-,32+,33-,34?,35+,36-,37+,46+,47-,48-,49+/m1/s1. The van der Waals surface area contributed by atoms with Crippen LogP contribution in [0.5, 0.6) is 0 Å². The van der Waals surface area contributed by atoms with E-state index in [2.05, 4.69) is 58.8 Å². The van der Waals surface area contributed by atoms with E-state index in [1.807, 2.05) is 30.9 Å². The van der Waals surface area contributed by atoms with Crippen molar-refractivity contribution < 1.29 is 37.8 Å². The van der Waals surface area contributed by atoms with Gasteiger partial charge >= 0.3 is 11.9 Å². The Hall–Kier alpha value is -2.99. The van der Waals surface area contributed by atoms with E-state index in [4.69, 9.17) is 4.74 Å². The van der Waals surface area contributed by atoms with Crippen molar-refractivity contribution in [3.05, 3.63) is 35.0 Å². The molecule has 5 saturated carbocycles. The third-order valence-electron chi connectivity index (χ3n) is 19.3. The number of nitrogens with zero attached hydrogens (tertiary/aromatic N) is 2. The summed E-state index contributed by atoms with van der Waals surface area (Å²) in [6.07, 6.45) is 10.3. The first-order valence-corrected chi connectivity index (χ1v) is 25.3. The number of allylic oxidation sites excluding steroid dienone is 1. The van der Waals surface area contributed by atoms with Crippen molar-refractivity contribution in [1.29, 1.82) is 0 Å². The number of hydrogen-bond acceptors (Lipinski definition) is 9. The summed E-state index contributed by atoms with van der Waals surface area (Å²) < 4.78 is 30.2. The molecule has 7 aliphatic rings. The molecule has 6 aliphatic carbocycles. The average Bonchev–Trinajstić information content (AvgIpc) is 3.46. The molecule has 1 amide bonds. The predicted molar refractivity (Wildman–Crippen MR) is 235 cm³/mol. The normalized spacial score (nSPS) is 40.8. The lowest BCUT2D eigenvalue weighted by Gasteiger charge is -2.72. The van der Waals surface area contributed by atoms with Crippen molar-refractivity contribution in [2.24, 2.45) is 68.0 Å². The summed E-state index contributed by atoms with van der Waals surface area (Å²) in [4.78, 5) is 46.1. The minimum atomic E-state index is -2.98. The van der Waals surface area contributed by atoms with E-state index < -0.39 is 39.2 Å². The Bertz CT molecular complexity index is 2070. The highest BCUT2D eigenvalue weighted by Gasteiger charge is 2.70. The Morgan fingerprint density at radius 1 is 0.885 bits per heavy atom. The second-order valence-corrected chi connectivity index (χ2v) is 25.3. The summed E-state index contributed by atoms with van der Waals surface area (Å²) in [6.45, 7) is 21.7. The third kappa shape index (κ3) is 7.00. The van der Waals surface area contributed by atoms with Gasteiger partial charge in [0.05, 0.1) is 29.4 Å². The van der Waals surface area contributed by atoms with Crippen molar-refractivity contribution in [2.75, 3.05) is 29.5 Å². The molecule has 0 aromatic carbocycles. The molecule has 1 unspecified atom stereocenters. The molecule has 338 valence electrons. The number of hydrogen-bond donors (Lipinski definition) is 3. The van der Waals surface area contributed by atoms with Crippen LogP contribution in [0.4, 0.5) is 5.82 Å². The fraction of sp³-hybridized carbons (Fsp3) is 0.796. The van der Waals surface area contributed by atoms with Crippen molar-refractivity contribution in [3.63, 3.8) is 0 Å². The van der Waals surface area contributed by atoms with Gasteiger partial charge in [0.1, 0.15) is 11.9 Å². The number of carbonyl (C=O) groups is 3. The smallest absolute Gasteiger partial charge is 0.309 e. The van der Waals surface area contributed by atoms with Crippen molar-refractivity contribution in [2.45, 2.75) is 152 Å². The van der Waals surface area contributed by atoms with Gasteiger partial charge in [-0.05, 0) is 127 Å². The largest absolute Gasteiger partial charge is 0.481 e. The lowest BCUT2D eigenvalue weighted by atomic mass is 9.33. The van der Waals surface area contributed by atoms with E-state index in [0.717, 1.165) is 62.7 Å². The van der Waals surface area contributed by atoms with Crippen LogP contribution >= 0.6 is 0 Å². The van der Waals surface area contributed by atoms with Crippen LogP contribution in [0.3, 0.4) is 0 Å². The number of pyridine rings is 1. The Kier molecular flexibility index (Phi) is 11.0. The molecule has 0 bridgehead atoms. The third-order valence-corrected chi connectivity index (χ3v) is 20.9. The zero-order valence-electron chi connectivity index (χ0n) is 38.3. The van der Waals surface area contributed by atoms with Gasteiger partial charge < -0.3 is 25.2 Å². The molecule has 11 atom stereocenters. The zero-order valence-corrected chi connectivity index (χ0v) is 39.1. The van der Waals surface area contributed by atoms with E-state index >= 15 is 0 Å². The van der Waals surface area contributed by atoms with E-state index in [1.54, 1.807) is 6.20 Å². The van der Waals surface area contributed by atoms with Gasteiger partial charge in [-0.2, -0.15) is 0 Å². The van der Waals surface area contributed by atoms with Crippen LogP contribution in [0.1, 0.15) is 139 Å². The molecule has 1 aliphatic heterocycles. The first-order chi connectivity index (χ1) is 28.4. The van der Waals surface area contributed by atoms with Gasteiger partial charge in [0.2, 0.25) is 5.91 Å². The summed E-state index contributed by atoms with van der Waals surface area (Å²) in [5.74, 6) is 0.384. The van der Waals surface area contributed by atoms with Crippen LogP contribution in [-0.4, -0.2) is 78.3 Å². The zero-order chi connectivity index (χ0) is 44.3. The molecule has 1 saturated heterocycles. The number of aliphatic hydroxyl groups excluding tert-OH is 1. The quantitative estimate of drug-likeness (QED) is 0.165. The van der Waals surface area contributed by atoms with Gasteiger partial charge in [-0.3, -0.25) is 14.4 Å². The summed E-state index contributed by atoms with van der Waals surface area (Å²) in [5.41, 5.74) is 2.35. The number of carboxylic acids is 1. The van der Waals surface area contributed by atoms with Crippen LogP contribution in [-0.2, 0) is 35.5 Å². The second kappa shape index (κ2) is 15.1. The highest BCUT2D eigenvalue weighted by atomic mass is 32.2. The van der Waals surface area contributed by atoms with Gasteiger partial charge in [-0.25, -0.2) is 13.4 Å². The molecule has 12 heteroatoms. The summed E-state index contributed by atoms with van der Waals surface area (Å²) >= 11 is 0. The summed E-state index contributed by atoms with van der Waals surface area (Å²) in [5, 5.41) is 24.8. The lowest BCUT2D eigenvalue weighted by Crippen LogP contribution is -2.66. The molecular formula is C49H73N3O8S. The van der Waals surface area contributed by atoms with E-state index in [0.29, 0.717) is 50.7 Å². The molecule has 61 heavy (non-hydrogen) atoms. The summed E-state index contributed by atoms with van der Waals surface area (Å²) in [6, 6.07) is 3.87. The number of amides is 1. The number of aromatic nitrogens is 1. The molecule has 0 radical (unpaired) electrons. The van der Waals surface area contributed by atoms with Gasteiger partial charge in [0, 0.05) is 43.1 Å². The topological polar surface area (TPSA) is 163 Å². The lowest BCUT2D eigenvalue weighted by molar-refractivity contribution is -0.236. The van der Waals surface area contributed by atoms with Crippen LogP contribution in [0.25, 0.3) is 0 Å². The molecule has 3 N–H and O–H groups in total. The first-order valence-electron chi connectivity index (χ1n) is 23.4. The second-order valence-electron chi connectivity index (χ2n) is 23.0. The number of carboxylic acid groups (broad SMARTS) is 1. The monoisotopic (exact) mass is 864 g/mol. The fourth-order valence-electron chi connectivity index (χ4n) is 15.6. The van der Waals surface area contributed by atoms with E-state index in [1.165, 1.54) is 11.1 Å². The maximum Gasteiger partial charge on any atom is 0.309 e. The van der Waals surface area contributed by atoms with Crippen molar-refractivity contribution in [3.8, 4) is 0 Å². The molecule has 2 heterocycles. The highest BCUT2D eigenvalue weighted by molar-refractivity contribution is 7.91. The number of ether oxygens (including phenoxy) is 1. The van der Waals surface area contributed by atoms with Gasteiger partial charge in [0.15, 0.2) is 9.84 Å². The number of sulfone groups is 1. The highest BCUT2D eigenvalue weighted by Crippen LogP contribution is 2.77. The fourth-order valence-corrected chi connectivity index (χ4v) is 16.8. The predicted octanol–water partition coefficient (Wildman–Crippen LogP) is 7.75.